The van der Waals surface area contributed by atoms with Gasteiger partial charge in [0.1, 0.15) is 5.82 Å². The monoisotopic (exact) mass is 300 g/mol. The summed E-state index contributed by atoms with van der Waals surface area (Å²) >= 11 is 0. The topological polar surface area (TPSA) is 59.9 Å². The summed E-state index contributed by atoms with van der Waals surface area (Å²) in [7, 11) is 0. The normalized spacial score (nSPS) is 12.6. The van der Waals surface area contributed by atoms with Crippen molar-refractivity contribution in [2.75, 3.05) is 6.79 Å². The minimum atomic E-state index is -0.316. The number of hydrogen-bond acceptors (Lipinski definition) is 4. The van der Waals surface area contributed by atoms with E-state index in [2.05, 4.69) is 10.5 Å². The van der Waals surface area contributed by atoms with Crippen LogP contribution in [0.4, 0.5) is 4.39 Å². The maximum absolute atomic E-state index is 12.7. The highest BCUT2D eigenvalue weighted by molar-refractivity contribution is 5.83. The number of nitrogens with zero attached hydrogens (tertiary/aromatic N) is 1. The minimum absolute atomic E-state index is 0.178. The zero-order valence-corrected chi connectivity index (χ0v) is 11.6. The number of hydrazone groups is 1. The van der Waals surface area contributed by atoms with Crippen molar-refractivity contribution in [3.05, 3.63) is 59.4 Å². The third-order valence-electron chi connectivity index (χ3n) is 3.07. The Morgan fingerprint density at radius 2 is 1.95 bits per heavy atom. The number of fused-ring (bicyclic) bond motifs is 1. The molecule has 0 bridgehead atoms. The second kappa shape index (κ2) is 6.26. The molecular formula is C16H13FN2O3. The van der Waals surface area contributed by atoms with E-state index in [4.69, 9.17) is 9.47 Å². The van der Waals surface area contributed by atoms with Crippen LogP contribution in [0.25, 0.3) is 0 Å². The van der Waals surface area contributed by atoms with E-state index in [1.807, 2.05) is 0 Å². The van der Waals surface area contributed by atoms with Crippen LogP contribution in [0.5, 0.6) is 11.5 Å². The SMILES string of the molecule is O=C(Cc1ccc2c(c1)OCO2)N/N=C\c1ccc(F)cc1. The van der Waals surface area contributed by atoms with Crippen LogP contribution in [-0.4, -0.2) is 18.9 Å². The number of amides is 1. The van der Waals surface area contributed by atoms with E-state index in [1.165, 1.54) is 18.3 Å². The summed E-state index contributed by atoms with van der Waals surface area (Å²) in [4.78, 5) is 11.8. The molecule has 3 rings (SSSR count). The lowest BCUT2D eigenvalue weighted by Gasteiger charge is -2.02. The van der Waals surface area contributed by atoms with Crippen molar-refractivity contribution in [3.63, 3.8) is 0 Å². The summed E-state index contributed by atoms with van der Waals surface area (Å²) in [5.74, 6) is 0.750. The average molecular weight is 300 g/mol. The highest BCUT2D eigenvalue weighted by atomic mass is 19.1. The van der Waals surface area contributed by atoms with Gasteiger partial charge in [0.15, 0.2) is 11.5 Å². The molecule has 0 fully saturated rings. The van der Waals surface area contributed by atoms with Gasteiger partial charge in [-0.15, -0.1) is 0 Å². The Labute approximate surface area is 126 Å². The van der Waals surface area contributed by atoms with Gasteiger partial charge in [0, 0.05) is 0 Å². The number of hydrogen-bond donors (Lipinski definition) is 1. The van der Waals surface area contributed by atoms with E-state index in [0.29, 0.717) is 17.1 Å². The lowest BCUT2D eigenvalue weighted by Crippen LogP contribution is -2.19. The number of benzene rings is 2. The van der Waals surface area contributed by atoms with E-state index < -0.39 is 0 Å². The van der Waals surface area contributed by atoms with Gasteiger partial charge in [-0.05, 0) is 35.4 Å². The lowest BCUT2D eigenvalue weighted by atomic mass is 10.1. The second-order valence-electron chi connectivity index (χ2n) is 4.71. The molecule has 0 spiro atoms. The summed E-state index contributed by atoms with van der Waals surface area (Å²) in [5.41, 5.74) is 3.93. The van der Waals surface area contributed by atoms with Crippen LogP contribution in [-0.2, 0) is 11.2 Å². The van der Waals surface area contributed by atoms with Gasteiger partial charge in [-0.3, -0.25) is 4.79 Å². The highest BCUT2D eigenvalue weighted by Gasteiger charge is 2.14. The van der Waals surface area contributed by atoms with Crippen LogP contribution >= 0.6 is 0 Å². The summed E-state index contributed by atoms with van der Waals surface area (Å²) < 4.78 is 23.2. The maximum Gasteiger partial charge on any atom is 0.244 e. The largest absolute Gasteiger partial charge is 0.454 e. The van der Waals surface area contributed by atoms with Crippen molar-refractivity contribution in [1.82, 2.24) is 5.43 Å². The molecular weight excluding hydrogens is 287 g/mol. The molecule has 2 aromatic carbocycles. The zero-order valence-electron chi connectivity index (χ0n) is 11.6. The van der Waals surface area contributed by atoms with E-state index in [9.17, 15) is 9.18 Å². The van der Waals surface area contributed by atoms with Gasteiger partial charge in [0.25, 0.3) is 0 Å². The molecule has 0 aliphatic carbocycles. The standard InChI is InChI=1S/C16H13FN2O3/c17-13-4-1-11(2-5-13)9-18-19-16(20)8-12-3-6-14-15(7-12)22-10-21-14/h1-7,9H,8,10H2,(H,19,20)/b18-9-. The van der Waals surface area contributed by atoms with Gasteiger partial charge in [0.2, 0.25) is 12.7 Å². The summed E-state index contributed by atoms with van der Waals surface area (Å²) in [6.45, 7) is 0.201. The fourth-order valence-electron chi connectivity index (χ4n) is 2.00. The first-order valence-electron chi connectivity index (χ1n) is 6.67. The van der Waals surface area contributed by atoms with Gasteiger partial charge < -0.3 is 9.47 Å². The number of rotatable bonds is 4. The molecule has 1 aliphatic heterocycles. The predicted molar refractivity (Wildman–Crippen MR) is 78.4 cm³/mol. The third-order valence-corrected chi connectivity index (χ3v) is 3.07. The van der Waals surface area contributed by atoms with Crippen LogP contribution in [0.3, 0.4) is 0 Å². The number of ether oxygens (including phenoxy) is 2. The van der Waals surface area contributed by atoms with Gasteiger partial charge in [-0.25, -0.2) is 9.82 Å². The summed E-state index contributed by atoms with van der Waals surface area (Å²) in [6, 6.07) is 11.1. The van der Waals surface area contributed by atoms with Crippen LogP contribution in [0.15, 0.2) is 47.6 Å². The van der Waals surface area contributed by atoms with Crippen molar-refractivity contribution in [2.24, 2.45) is 5.10 Å². The molecule has 2 aromatic rings. The molecule has 0 unspecified atom stereocenters. The predicted octanol–water partition coefficient (Wildman–Crippen LogP) is 2.25. The molecule has 0 atom stereocenters. The van der Waals surface area contributed by atoms with E-state index in [1.54, 1.807) is 30.3 Å². The molecule has 0 aromatic heterocycles. The molecule has 1 N–H and O–H groups in total. The highest BCUT2D eigenvalue weighted by Crippen LogP contribution is 2.32. The Hall–Kier alpha value is -2.89. The van der Waals surface area contributed by atoms with E-state index >= 15 is 0 Å². The first-order chi connectivity index (χ1) is 10.7. The van der Waals surface area contributed by atoms with Crippen LogP contribution in [0.1, 0.15) is 11.1 Å². The van der Waals surface area contributed by atoms with Crippen LogP contribution in [0, 0.1) is 5.82 Å². The Bertz CT molecular complexity index is 714. The Kier molecular flexibility index (Phi) is 4.00. The molecule has 1 amide bonds. The molecule has 0 saturated carbocycles. The summed E-state index contributed by atoms with van der Waals surface area (Å²) in [5, 5.41) is 3.84. The van der Waals surface area contributed by atoms with E-state index in [0.717, 1.165) is 5.56 Å². The molecule has 6 heteroatoms. The first-order valence-corrected chi connectivity index (χ1v) is 6.67. The minimum Gasteiger partial charge on any atom is -0.454 e. The first kappa shape index (κ1) is 14.1. The number of carbonyl (C=O) groups excluding carboxylic acids is 1. The smallest absolute Gasteiger partial charge is 0.244 e. The molecule has 0 radical (unpaired) electrons. The second-order valence-corrected chi connectivity index (χ2v) is 4.71. The van der Waals surface area contributed by atoms with Gasteiger partial charge in [0.05, 0.1) is 12.6 Å². The third kappa shape index (κ3) is 3.41. The molecule has 1 heterocycles. The molecule has 5 nitrogen and oxygen atoms in total. The van der Waals surface area contributed by atoms with Gasteiger partial charge >= 0.3 is 0 Å². The molecule has 0 saturated heterocycles. The van der Waals surface area contributed by atoms with Crippen molar-refractivity contribution in [1.29, 1.82) is 0 Å². The van der Waals surface area contributed by atoms with Crippen molar-refractivity contribution in [3.8, 4) is 11.5 Å². The molecule has 112 valence electrons. The van der Waals surface area contributed by atoms with Gasteiger partial charge in [-0.2, -0.15) is 5.10 Å². The summed E-state index contributed by atoms with van der Waals surface area (Å²) in [6.07, 6.45) is 1.63. The fourth-order valence-corrected chi connectivity index (χ4v) is 2.00. The quantitative estimate of drug-likeness (QED) is 0.696. The Morgan fingerprint density at radius 3 is 2.77 bits per heavy atom. The van der Waals surface area contributed by atoms with Crippen LogP contribution < -0.4 is 14.9 Å². The molecule has 1 aliphatic rings. The zero-order chi connectivity index (χ0) is 15.4. The van der Waals surface area contributed by atoms with Crippen molar-refractivity contribution in [2.45, 2.75) is 6.42 Å². The Morgan fingerprint density at radius 1 is 1.18 bits per heavy atom. The maximum atomic E-state index is 12.7. The van der Waals surface area contributed by atoms with E-state index in [-0.39, 0.29) is 24.9 Å². The number of halogens is 1. The number of carbonyl (C=O) groups is 1. The molecule has 22 heavy (non-hydrogen) atoms. The lowest BCUT2D eigenvalue weighted by molar-refractivity contribution is -0.120. The number of nitrogens with one attached hydrogen (secondary N) is 1. The Balaban J connectivity index is 1.55. The fraction of sp³-hybridized carbons (Fsp3) is 0.125. The van der Waals surface area contributed by atoms with Gasteiger partial charge in [-0.1, -0.05) is 18.2 Å². The van der Waals surface area contributed by atoms with Crippen molar-refractivity contribution < 1.29 is 18.7 Å². The van der Waals surface area contributed by atoms with Crippen LogP contribution in [0.2, 0.25) is 0 Å². The van der Waals surface area contributed by atoms with Crippen molar-refractivity contribution >= 4 is 12.1 Å². The average Bonchev–Trinajstić information content (AvgIpc) is 2.97.